The molecule has 0 unspecified atom stereocenters. The fourth-order valence-electron chi connectivity index (χ4n) is 1.36. The summed E-state index contributed by atoms with van der Waals surface area (Å²) in [5.41, 5.74) is -0.869. The maximum Gasteiger partial charge on any atom is 0.433 e. The standard InChI is InChI=1S/C13H7F3N2S/c14-13(15,16)11-7-6-9(8-17)12(18-11)19-10-4-2-1-3-5-10/h1-7H. The number of pyridine rings is 1. The molecule has 2 aromatic rings. The Hall–Kier alpha value is -2.00. The minimum Gasteiger partial charge on any atom is -0.235 e. The van der Waals surface area contributed by atoms with Gasteiger partial charge in [-0.2, -0.15) is 18.4 Å². The van der Waals surface area contributed by atoms with Crippen molar-refractivity contribution in [1.82, 2.24) is 4.98 Å². The molecule has 0 N–H and O–H groups in total. The van der Waals surface area contributed by atoms with Gasteiger partial charge in [-0.3, -0.25) is 0 Å². The van der Waals surface area contributed by atoms with E-state index in [1.54, 1.807) is 30.3 Å². The molecule has 19 heavy (non-hydrogen) atoms. The number of rotatable bonds is 2. The average molecular weight is 280 g/mol. The van der Waals surface area contributed by atoms with Crippen LogP contribution in [0, 0.1) is 11.3 Å². The number of benzene rings is 1. The van der Waals surface area contributed by atoms with Gasteiger partial charge in [0.25, 0.3) is 0 Å². The quantitative estimate of drug-likeness (QED) is 0.830. The molecule has 0 atom stereocenters. The summed E-state index contributed by atoms with van der Waals surface area (Å²) in [6.45, 7) is 0. The molecule has 96 valence electrons. The van der Waals surface area contributed by atoms with Gasteiger partial charge in [-0.1, -0.05) is 30.0 Å². The van der Waals surface area contributed by atoms with Crippen LogP contribution in [0.25, 0.3) is 0 Å². The van der Waals surface area contributed by atoms with Crippen molar-refractivity contribution in [2.75, 3.05) is 0 Å². The molecule has 0 spiro atoms. The molecular formula is C13H7F3N2S. The first kappa shape index (κ1) is 13.4. The van der Waals surface area contributed by atoms with E-state index in [1.807, 2.05) is 6.07 Å². The van der Waals surface area contributed by atoms with E-state index in [0.29, 0.717) is 0 Å². The number of aromatic nitrogens is 1. The van der Waals surface area contributed by atoms with Crippen molar-refractivity contribution in [1.29, 1.82) is 5.26 Å². The first-order valence-electron chi connectivity index (χ1n) is 5.22. The van der Waals surface area contributed by atoms with Crippen LogP contribution in [0.1, 0.15) is 11.3 Å². The van der Waals surface area contributed by atoms with E-state index in [2.05, 4.69) is 4.98 Å². The number of nitriles is 1. The Morgan fingerprint density at radius 1 is 1.05 bits per heavy atom. The molecule has 0 bridgehead atoms. The van der Waals surface area contributed by atoms with E-state index < -0.39 is 11.9 Å². The summed E-state index contributed by atoms with van der Waals surface area (Å²) in [7, 11) is 0. The maximum atomic E-state index is 12.6. The summed E-state index contributed by atoms with van der Waals surface area (Å²) in [6, 6.07) is 12.6. The maximum absolute atomic E-state index is 12.6. The van der Waals surface area contributed by atoms with E-state index in [-0.39, 0.29) is 10.6 Å². The summed E-state index contributed by atoms with van der Waals surface area (Å²) in [5, 5.41) is 8.96. The molecule has 0 fully saturated rings. The number of hydrogen-bond acceptors (Lipinski definition) is 3. The van der Waals surface area contributed by atoms with Crippen molar-refractivity contribution in [3.8, 4) is 6.07 Å². The smallest absolute Gasteiger partial charge is 0.235 e. The summed E-state index contributed by atoms with van der Waals surface area (Å²) < 4.78 is 37.8. The predicted octanol–water partition coefficient (Wildman–Crippen LogP) is 4.12. The molecule has 2 nitrogen and oxygen atoms in total. The Labute approximate surface area is 111 Å². The number of nitrogens with zero attached hydrogens (tertiary/aromatic N) is 2. The summed E-state index contributed by atoms with van der Waals surface area (Å²) in [4.78, 5) is 4.25. The van der Waals surface area contributed by atoms with Crippen LogP contribution in [0.5, 0.6) is 0 Å². The van der Waals surface area contributed by atoms with E-state index in [4.69, 9.17) is 5.26 Å². The van der Waals surface area contributed by atoms with Crippen LogP contribution in [0.4, 0.5) is 13.2 Å². The molecule has 2 rings (SSSR count). The average Bonchev–Trinajstić information content (AvgIpc) is 2.39. The Morgan fingerprint density at radius 3 is 2.32 bits per heavy atom. The van der Waals surface area contributed by atoms with Crippen LogP contribution in [0.2, 0.25) is 0 Å². The molecule has 6 heteroatoms. The van der Waals surface area contributed by atoms with Gasteiger partial charge in [0.1, 0.15) is 16.8 Å². The van der Waals surface area contributed by atoms with Crippen LogP contribution in [-0.4, -0.2) is 4.98 Å². The Kier molecular flexibility index (Phi) is 3.76. The van der Waals surface area contributed by atoms with Crippen molar-refractivity contribution in [2.24, 2.45) is 0 Å². The Morgan fingerprint density at radius 2 is 1.74 bits per heavy atom. The normalized spacial score (nSPS) is 11.1. The lowest BCUT2D eigenvalue weighted by Gasteiger charge is -2.08. The molecule has 1 aromatic heterocycles. The summed E-state index contributed by atoms with van der Waals surface area (Å²) >= 11 is 1.04. The third kappa shape index (κ3) is 3.26. The lowest BCUT2D eigenvalue weighted by Crippen LogP contribution is -2.08. The minimum atomic E-state index is -4.51. The van der Waals surface area contributed by atoms with E-state index in [1.165, 1.54) is 0 Å². The van der Waals surface area contributed by atoms with Gasteiger partial charge in [0.05, 0.1) is 5.56 Å². The molecule has 0 saturated heterocycles. The van der Waals surface area contributed by atoms with E-state index in [0.717, 1.165) is 28.8 Å². The second-order valence-electron chi connectivity index (χ2n) is 3.57. The van der Waals surface area contributed by atoms with Crippen molar-refractivity contribution < 1.29 is 13.2 Å². The van der Waals surface area contributed by atoms with Gasteiger partial charge in [-0.15, -0.1) is 0 Å². The molecule has 1 heterocycles. The lowest BCUT2D eigenvalue weighted by atomic mass is 10.2. The van der Waals surface area contributed by atoms with Gasteiger partial charge in [-0.25, -0.2) is 4.98 Å². The number of halogens is 3. The predicted molar refractivity (Wildman–Crippen MR) is 64.5 cm³/mol. The van der Waals surface area contributed by atoms with Gasteiger partial charge in [-0.05, 0) is 24.3 Å². The molecule has 0 amide bonds. The fourth-order valence-corrected chi connectivity index (χ4v) is 2.25. The molecule has 0 saturated carbocycles. The van der Waals surface area contributed by atoms with Crippen LogP contribution in [0.15, 0.2) is 52.4 Å². The molecule has 0 aliphatic heterocycles. The Balaban J connectivity index is 2.41. The molecular weight excluding hydrogens is 273 g/mol. The summed E-state index contributed by atoms with van der Waals surface area (Å²) in [5.74, 6) is 0. The fraction of sp³-hybridized carbons (Fsp3) is 0.0769. The van der Waals surface area contributed by atoms with Crippen molar-refractivity contribution in [2.45, 2.75) is 16.1 Å². The highest BCUT2D eigenvalue weighted by Crippen LogP contribution is 2.33. The van der Waals surface area contributed by atoms with Gasteiger partial charge < -0.3 is 0 Å². The van der Waals surface area contributed by atoms with E-state index >= 15 is 0 Å². The SMILES string of the molecule is N#Cc1ccc(C(F)(F)F)nc1Sc1ccccc1. The zero-order chi connectivity index (χ0) is 13.9. The zero-order valence-corrected chi connectivity index (χ0v) is 10.3. The van der Waals surface area contributed by atoms with Crippen LogP contribution in [-0.2, 0) is 6.18 Å². The molecule has 0 radical (unpaired) electrons. The first-order chi connectivity index (χ1) is 9.00. The number of hydrogen-bond donors (Lipinski definition) is 0. The zero-order valence-electron chi connectivity index (χ0n) is 9.48. The van der Waals surface area contributed by atoms with Gasteiger partial charge >= 0.3 is 6.18 Å². The third-order valence-corrected chi connectivity index (χ3v) is 3.24. The molecule has 1 aromatic carbocycles. The van der Waals surface area contributed by atoms with Crippen molar-refractivity contribution in [3.63, 3.8) is 0 Å². The number of alkyl halides is 3. The monoisotopic (exact) mass is 280 g/mol. The van der Waals surface area contributed by atoms with Crippen LogP contribution >= 0.6 is 11.8 Å². The largest absolute Gasteiger partial charge is 0.433 e. The Bertz CT molecular complexity index is 618. The van der Waals surface area contributed by atoms with Crippen LogP contribution < -0.4 is 0 Å². The van der Waals surface area contributed by atoms with Gasteiger partial charge in [0.15, 0.2) is 0 Å². The van der Waals surface area contributed by atoms with Gasteiger partial charge in [0, 0.05) is 4.90 Å². The lowest BCUT2D eigenvalue weighted by molar-refractivity contribution is -0.141. The third-order valence-electron chi connectivity index (χ3n) is 2.23. The highest BCUT2D eigenvalue weighted by molar-refractivity contribution is 7.99. The highest BCUT2D eigenvalue weighted by atomic mass is 32.2. The second-order valence-corrected chi connectivity index (χ2v) is 4.64. The van der Waals surface area contributed by atoms with Gasteiger partial charge in [0.2, 0.25) is 0 Å². The molecule has 0 aliphatic rings. The topological polar surface area (TPSA) is 36.7 Å². The molecule has 0 aliphatic carbocycles. The first-order valence-corrected chi connectivity index (χ1v) is 6.03. The second kappa shape index (κ2) is 5.33. The van der Waals surface area contributed by atoms with Crippen molar-refractivity contribution >= 4 is 11.8 Å². The highest BCUT2D eigenvalue weighted by Gasteiger charge is 2.33. The minimum absolute atomic E-state index is 0.0588. The van der Waals surface area contributed by atoms with Crippen LogP contribution in [0.3, 0.4) is 0 Å². The van der Waals surface area contributed by atoms with E-state index in [9.17, 15) is 13.2 Å². The van der Waals surface area contributed by atoms with Crippen molar-refractivity contribution in [3.05, 3.63) is 53.7 Å². The summed E-state index contributed by atoms with van der Waals surface area (Å²) in [6.07, 6.45) is -4.51.